The van der Waals surface area contributed by atoms with Gasteiger partial charge in [-0.15, -0.1) is 0 Å². The normalized spacial score (nSPS) is 12.8. The molecule has 13 heavy (non-hydrogen) atoms. The standard InChI is InChI=1S/C9H10N2.C2H6/c1-11-9-6-4-2-3-5-8(9)7-10-11;1-2/h2,4-7H,3H2,1H3;1-2H3. The minimum absolute atomic E-state index is 1.01. The zero-order chi connectivity index (χ0) is 9.68. The Hall–Kier alpha value is -1.31. The highest BCUT2D eigenvalue weighted by atomic mass is 15.2. The van der Waals surface area contributed by atoms with E-state index in [4.69, 9.17) is 0 Å². The topological polar surface area (TPSA) is 17.8 Å². The second-order valence-corrected chi connectivity index (χ2v) is 2.64. The summed E-state index contributed by atoms with van der Waals surface area (Å²) in [5, 5.41) is 6.59. The van der Waals surface area contributed by atoms with E-state index in [-0.39, 0.29) is 0 Å². The van der Waals surface area contributed by atoms with Crippen molar-refractivity contribution in [1.82, 2.24) is 9.78 Å². The van der Waals surface area contributed by atoms with Crippen LogP contribution in [0.1, 0.15) is 20.3 Å². The van der Waals surface area contributed by atoms with Crippen molar-refractivity contribution < 1.29 is 0 Å². The fraction of sp³-hybridized carbons (Fsp3) is 0.364. The van der Waals surface area contributed by atoms with Crippen molar-refractivity contribution in [1.29, 1.82) is 0 Å². The molecule has 0 fully saturated rings. The number of allylic oxidation sites excluding steroid dienone is 2. The highest BCUT2D eigenvalue weighted by Crippen LogP contribution is 1.87. The lowest BCUT2D eigenvalue weighted by Crippen LogP contribution is -2.26. The molecule has 0 amide bonds. The minimum Gasteiger partial charge on any atom is -0.268 e. The van der Waals surface area contributed by atoms with Crippen LogP contribution in [0.5, 0.6) is 0 Å². The second kappa shape index (κ2) is 4.65. The minimum atomic E-state index is 1.01. The number of rotatable bonds is 0. The molecule has 2 rings (SSSR count). The van der Waals surface area contributed by atoms with Crippen molar-refractivity contribution in [2.24, 2.45) is 7.05 Å². The van der Waals surface area contributed by atoms with Crippen LogP contribution in [0.3, 0.4) is 0 Å². The molecule has 1 aliphatic rings. The molecule has 70 valence electrons. The van der Waals surface area contributed by atoms with Crippen LogP contribution in [0.15, 0.2) is 18.3 Å². The monoisotopic (exact) mass is 176 g/mol. The fourth-order valence-corrected chi connectivity index (χ4v) is 1.26. The molecule has 1 heterocycles. The maximum Gasteiger partial charge on any atom is 0.0675 e. The molecule has 1 aromatic rings. The first kappa shape index (κ1) is 9.78. The summed E-state index contributed by atoms with van der Waals surface area (Å²) in [7, 11) is 1.96. The zero-order valence-electron chi connectivity index (χ0n) is 8.49. The second-order valence-electron chi connectivity index (χ2n) is 2.64. The van der Waals surface area contributed by atoms with Crippen LogP contribution in [-0.2, 0) is 7.05 Å². The molecule has 0 aliphatic heterocycles. The lowest BCUT2D eigenvalue weighted by atomic mass is 10.3. The van der Waals surface area contributed by atoms with E-state index in [0.29, 0.717) is 0 Å². The van der Waals surface area contributed by atoms with E-state index >= 15 is 0 Å². The Morgan fingerprint density at radius 3 is 2.92 bits per heavy atom. The molecule has 0 atom stereocenters. The first-order chi connectivity index (χ1) is 6.38. The van der Waals surface area contributed by atoms with E-state index in [2.05, 4.69) is 29.4 Å². The molecule has 0 aromatic carbocycles. The Labute approximate surface area is 78.9 Å². The van der Waals surface area contributed by atoms with Crippen LogP contribution in [0.4, 0.5) is 0 Å². The maximum absolute atomic E-state index is 4.16. The smallest absolute Gasteiger partial charge is 0.0675 e. The van der Waals surface area contributed by atoms with Gasteiger partial charge in [0.2, 0.25) is 0 Å². The summed E-state index contributed by atoms with van der Waals surface area (Å²) in [5.41, 5.74) is 0. The van der Waals surface area contributed by atoms with Gasteiger partial charge in [0.15, 0.2) is 0 Å². The van der Waals surface area contributed by atoms with Gasteiger partial charge < -0.3 is 0 Å². The zero-order valence-corrected chi connectivity index (χ0v) is 8.49. The number of aryl methyl sites for hydroxylation is 1. The van der Waals surface area contributed by atoms with Crippen molar-refractivity contribution in [2.45, 2.75) is 20.3 Å². The summed E-state index contributed by atoms with van der Waals surface area (Å²) in [5.74, 6) is 0. The quantitative estimate of drug-likeness (QED) is 0.576. The van der Waals surface area contributed by atoms with Gasteiger partial charge in [0.1, 0.15) is 0 Å². The van der Waals surface area contributed by atoms with Gasteiger partial charge in [-0.1, -0.05) is 32.1 Å². The largest absolute Gasteiger partial charge is 0.268 e. The predicted octanol–water partition coefficient (Wildman–Crippen LogP) is 0.967. The third-order valence-electron chi connectivity index (χ3n) is 1.88. The number of hydrogen-bond donors (Lipinski definition) is 0. The lowest BCUT2D eigenvalue weighted by Gasteiger charge is -1.84. The van der Waals surface area contributed by atoms with Gasteiger partial charge in [-0.3, -0.25) is 4.68 Å². The summed E-state index contributed by atoms with van der Waals surface area (Å²) in [6, 6.07) is 0. The summed E-state index contributed by atoms with van der Waals surface area (Å²) >= 11 is 0. The molecule has 0 unspecified atom stereocenters. The fourth-order valence-electron chi connectivity index (χ4n) is 1.26. The van der Waals surface area contributed by atoms with Gasteiger partial charge in [-0.25, -0.2) is 0 Å². The first-order valence-corrected chi connectivity index (χ1v) is 4.73. The molecule has 2 heteroatoms. The molecule has 1 aliphatic carbocycles. The molecule has 0 saturated carbocycles. The van der Waals surface area contributed by atoms with Gasteiger partial charge in [-0.05, 0) is 12.5 Å². The molecular weight excluding hydrogens is 160 g/mol. The number of fused-ring (bicyclic) bond motifs is 1. The van der Waals surface area contributed by atoms with Gasteiger partial charge >= 0.3 is 0 Å². The van der Waals surface area contributed by atoms with Crippen molar-refractivity contribution in [3.63, 3.8) is 0 Å². The van der Waals surface area contributed by atoms with E-state index in [9.17, 15) is 0 Å². The van der Waals surface area contributed by atoms with E-state index < -0.39 is 0 Å². The predicted molar refractivity (Wildman–Crippen MR) is 56.5 cm³/mol. The Kier molecular flexibility index (Phi) is 3.50. The van der Waals surface area contributed by atoms with E-state index in [1.165, 1.54) is 10.6 Å². The summed E-state index contributed by atoms with van der Waals surface area (Å²) in [6.07, 6.45) is 11.4. The SMILES string of the molecule is CC.Cn1ncc2c1=CC=CCC=2. The van der Waals surface area contributed by atoms with Crippen LogP contribution >= 0.6 is 0 Å². The molecule has 0 saturated heterocycles. The first-order valence-electron chi connectivity index (χ1n) is 4.73. The van der Waals surface area contributed by atoms with E-state index in [0.717, 1.165) is 6.42 Å². The Morgan fingerprint density at radius 2 is 2.15 bits per heavy atom. The molecule has 0 N–H and O–H groups in total. The molecule has 0 bridgehead atoms. The molecule has 0 spiro atoms. The van der Waals surface area contributed by atoms with E-state index in [1.807, 2.05) is 31.8 Å². The highest BCUT2D eigenvalue weighted by Gasteiger charge is 1.91. The van der Waals surface area contributed by atoms with Crippen LogP contribution in [0.2, 0.25) is 0 Å². The molecule has 0 radical (unpaired) electrons. The van der Waals surface area contributed by atoms with Crippen LogP contribution in [-0.4, -0.2) is 9.78 Å². The van der Waals surface area contributed by atoms with Crippen molar-refractivity contribution >= 4 is 12.2 Å². The summed E-state index contributed by atoms with van der Waals surface area (Å²) < 4.78 is 1.89. The van der Waals surface area contributed by atoms with Crippen LogP contribution in [0.25, 0.3) is 12.2 Å². The van der Waals surface area contributed by atoms with Crippen molar-refractivity contribution in [3.05, 3.63) is 28.9 Å². The number of aromatic nitrogens is 2. The average Bonchev–Trinajstić information content (AvgIpc) is 2.44. The Balaban J connectivity index is 0.000000396. The van der Waals surface area contributed by atoms with Gasteiger partial charge in [0.25, 0.3) is 0 Å². The lowest BCUT2D eigenvalue weighted by molar-refractivity contribution is 0.743. The third kappa shape index (κ3) is 2.08. The van der Waals surface area contributed by atoms with Gasteiger partial charge in [0.05, 0.1) is 11.5 Å². The number of hydrogen-bond acceptors (Lipinski definition) is 1. The van der Waals surface area contributed by atoms with Gasteiger partial charge in [-0.2, -0.15) is 5.10 Å². The van der Waals surface area contributed by atoms with Crippen LogP contribution in [0, 0.1) is 0 Å². The maximum atomic E-state index is 4.16. The van der Waals surface area contributed by atoms with Crippen molar-refractivity contribution in [2.75, 3.05) is 0 Å². The summed E-state index contributed by atoms with van der Waals surface area (Å²) in [6.45, 7) is 4.00. The van der Waals surface area contributed by atoms with Crippen LogP contribution < -0.4 is 10.6 Å². The van der Waals surface area contributed by atoms with Crippen molar-refractivity contribution in [3.8, 4) is 0 Å². The third-order valence-corrected chi connectivity index (χ3v) is 1.88. The molecule has 1 aromatic heterocycles. The average molecular weight is 176 g/mol. The Morgan fingerprint density at radius 1 is 1.38 bits per heavy atom. The number of nitrogens with zero attached hydrogens (tertiary/aromatic N) is 2. The Bertz CT molecular complexity index is 396. The molecular formula is C11H16N2. The molecule has 2 nitrogen and oxygen atoms in total. The van der Waals surface area contributed by atoms with Gasteiger partial charge in [0, 0.05) is 12.3 Å². The van der Waals surface area contributed by atoms with E-state index in [1.54, 1.807) is 0 Å². The summed E-state index contributed by atoms with van der Waals surface area (Å²) in [4.78, 5) is 0. The highest BCUT2D eigenvalue weighted by molar-refractivity contribution is 5.41.